The van der Waals surface area contributed by atoms with E-state index >= 15 is 0 Å². The molecule has 8 heteroatoms. The third kappa shape index (κ3) is 6.68. The Labute approximate surface area is 273 Å². The molecule has 0 aliphatic heterocycles. The zero-order valence-corrected chi connectivity index (χ0v) is 25.8. The number of nitrogens with one attached hydrogen (secondary N) is 2. The molecule has 0 unspecified atom stereocenters. The van der Waals surface area contributed by atoms with Crippen molar-refractivity contribution < 1.29 is 4.39 Å². The van der Waals surface area contributed by atoms with Gasteiger partial charge in [-0.05, 0) is 89.0 Å². The lowest BCUT2D eigenvalue weighted by atomic mass is 9.99. The fourth-order valence-corrected chi connectivity index (χ4v) is 5.44. The fraction of sp³-hybridized carbons (Fsp3) is 0. The van der Waals surface area contributed by atoms with Crippen LogP contribution in [0.3, 0.4) is 0 Å². The minimum Gasteiger partial charge on any atom is -0.361 e. The number of nitrogens with zero attached hydrogens (tertiary/aromatic N) is 4. The van der Waals surface area contributed by atoms with E-state index in [4.69, 9.17) is 0 Å². The van der Waals surface area contributed by atoms with Gasteiger partial charge in [-0.25, -0.2) is 4.39 Å². The highest BCUT2D eigenvalue weighted by Gasteiger charge is 2.11. The molecule has 3 aromatic carbocycles. The maximum atomic E-state index is 13.2. The van der Waals surface area contributed by atoms with E-state index in [0.29, 0.717) is 11.1 Å². The number of H-pyrrole nitrogens is 2. The summed E-state index contributed by atoms with van der Waals surface area (Å²) in [6, 6.07) is 30.4. The maximum Gasteiger partial charge on any atom is 0.123 e. The average Bonchev–Trinajstić information content (AvgIpc) is 3.71. The molecule has 0 aliphatic carbocycles. The molecule has 0 spiro atoms. The topological polar surface area (TPSA) is 105 Å². The number of benzene rings is 3. The van der Waals surface area contributed by atoms with Crippen LogP contribution in [0, 0.1) is 28.5 Å². The lowest BCUT2D eigenvalue weighted by Crippen LogP contribution is -1.83. The van der Waals surface area contributed by atoms with Crippen LogP contribution >= 0.6 is 15.9 Å². The Hall–Kier alpha value is -6.09. The van der Waals surface area contributed by atoms with Gasteiger partial charge in [0.25, 0.3) is 0 Å². The van der Waals surface area contributed by atoms with Gasteiger partial charge in [0.2, 0.25) is 0 Å². The Morgan fingerprint density at radius 2 is 1.20 bits per heavy atom. The number of allylic oxidation sites excluding steroid dienone is 2. The largest absolute Gasteiger partial charge is 0.361 e. The van der Waals surface area contributed by atoms with Crippen LogP contribution < -0.4 is 0 Å². The minimum absolute atomic E-state index is 0.261. The summed E-state index contributed by atoms with van der Waals surface area (Å²) in [4.78, 5) is 14.5. The number of pyridine rings is 2. The quantitative estimate of drug-likeness (QED) is 0.179. The molecule has 0 saturated heterocycles. The van der Waals surface area contributed by atoms with Crippen molar-refractivity contribution in [1.29, 1.82) is 10.5 Å². The van der Waals surface area contributed by atoms with Crippen molar-refractivity contribution in [2.45, 2.75) is 0 Å². The first-order chi connectivity index (χ1) is 22.5. The molecular weight excluding hydrogens is 639 g/mol. The number of hydrogen-bond acceptors (Lipinski definition) is 4. The third-order valence-corrected chi connectivity index (χ3v) is 7.81. The molecule has 6 nitrogen and oxygen atoms in total. The van der Waals surface area contributed by atoms with Crippen LogP contribution in [0.25, 0.3) is 56.2 Å². The monoisotopic (exact) mass is 662 g/mol. The number of halogens is 2. The van der Waals surface area contributed by atoms with Crippen molar-refractivity contribution >= 4 is 61.0 Å². The first kappa shape index (κ1) is 30.0. The van der Waals surface area contributed by atoms with E-state index in [1.54, 1.807) is 36.9 Å². The Kier molecular flexibility index (Phi) is 8.92. The van der Waals surface area contributed by atoms with Crippen LogP contribution in [0.4, 0.5) is 4.39 Å². The number of fused-ring (bicyclic) bond motifs is 2. The Balaban J connectivity index is 0.000000167. The highest BCUT2D eigenvalue weighted by molar-refractivity contribution is 9.10. The van der Waals surface area contributed by atoms with Gasteiger partial charge < -0.3 is 9.97 Å². The van der Waals surface area contributed by atoms with E-state index in [0.717, 1.165) is 59.7 Å². The van der Waals surface area contributed by atoms with Crippen molar-refractivity contribution in [1.82, 2.24) is 19.9 Å². The number of aromatic nitrogens is 4. The third-order valence-electron chi connectivity index (χ3n) is 7.32. The van der Waals surface area contributed by atoms with Gasteiger partial charge in [-0.15, -0.1) is 0 Å². The summed E-state index contributed by atoms with van der Waals surface area (Å²) in [7, 11) is 0. The second kappa shape index (κ2) is 13.7. The lowest BCUT2D eigenvalue weighted by molar-refractivity contribution is 0.628. The molecule has 220 valence electrons. The van der Waals surface area contributed by atoms with Gasteiger partial charge in [0, 0.05) is 74.6 Å². The van der Waals surface area contributed by atoms with Crippen LogP contribution in [0.15, 0.2) is 127 Å². The molecular formula is C38H24BrFN6. The molecule has 0 aliphatic rings. The predicted molar refractivity (Wildman–Crippen MR) is 185 cm³/mol. The number of nitriles is 2. The summed E-state index contributed by atoms with van der Waals surface area (Å²) in [6.07, 6.45) is 14.2. The second-order valence-electron chi connectivity index (χ2n) is 10.3. The molecule has 46 heavy (non-hydrogen) atoms. The molecule has 0 atom stereocenters. The molecule has 4 aromatic heterocycles. The van der Waals surface area contributed by atoms with E-state index in [1.165, 1.54) is 12.1 Å². The molecule has 0 fully saturated rings. The summed E-state index contributed by atoms with van der Waals surface area (Å²) in [5.74, 6) is -0.261. The van der Waals surface area contributed by atoms with Crippen molar-refractivity contribution in [2.24, 2.45) is 0 Å². The smallest absolute Gasteiger partial charge is 0.123 e. The zero-order chi connectivity index (χ0) is 31.9. The zero-order valence-electron chi connectivity index (χ0n) is 24.2. The Morgan fingerprint density at radius 1 is 0.674 bits per heavy atom. The van der Waals surface area contributed by atoms with Crippen LogP contribution in [-0.2, 0) is 0 Å². The first-order valence-corrected chi connectivity index (χ1v) is 15.0. The van der Waals surface area contributed by atoms with Crippen LogP contribution in [0.2, 0.25) is 0 Å². The summed E-state index contributed by atoms with van der Waals surface area (Å²) in [5, 5.41) is 21.0. The molecule has 4 heterocycles. The Bertz CT molecular complexity index is 2290. The molecule has 0 saturated carbocycles. The van der Waals surface area contributed by atoms with Gasteiger partial charge in [-0.1, -0.05) is 46.3 Å². The lowest BCUT2D eigenvalue weighted by Gasteiger charge is -2.04. The van der Waals surface area contributed by atoms with E-state index in [-0.39, 0.29) is 5.82 Å². The summed E-state index contributed by atoms with van der Waals surface area (Å²) >= 11 is 3.46. The van der Waals surface area contributed by atoms with Gasteiger partial charge >= 0.3 is 0 Å². The molecule has 2 N–H and O–H groups in total. The molecule has 7 rings (SSSR count). The van der Waals surface area contributed by atoms with Gasteiger partial charge in [-0.3, -0.25) is 9.97 Å². The standard InChI is InChI=1S/C22H14FN3.C16H10BrN3/c23-19-6-3-16(4-7-19)17-5-8-22-20(11-17)21(14-26-22)18(12-24)10-15-2-1-9-25-13-15;17-13-3-4-16-14(7-13)15(10-20-16)12(8-18)6-11-2-1-5-19-9-11/h1-11,13-14,26H;1-7,9-10,20H/b18-10+;12-6+. The van der Waals surface area contributed by atoms with E-state index in [9.17, 15) is 14.9 Å². The van der Waals surface area contributed by atoms with Crippen molar-refractivity contribution in [2.75, 3.05) is 0 Å². The minimum atomic E-state index is -0.261. The summed E-state index contributed by atoms with van der Waals surface area (Å²) in [5.41, 5.74) is 8.52. The molecule has 0 bridgehead atoms. The van der Waals surface area contributed by atoms with E-state index in [1.807, 2.05) is 85.2 Å². The molecule has 0 radical (unpaired) electrons. The average molecular weight is 664 g/mol. The first-order valence-electron chi connectivity index (χ1n) is 14.2. The van der Waals surface area contributed by atoms with Crippen molar-refractivity contribution in [3.8, 4) is 23.3 Å². The maximum absolute atomic E-state index is 13.2. The van der Waals surface area contributed by atoms with E-state index < -0.39 is 0 Å². The summed E-state index contributed by atoms with van der Waals surface area (Å²) in [6.45, 7) is 0. The molecule has 0 amide bonds. The SMILES string of the molecule is N#C/C(=C\c1cccnc1)c1c[nH]c2ccc(-c3ccc(F)cc3)cc12.N#C/C(=C\c1cccnc1)c1c[nH]c2ccc(Br)cc12. The number of hydrogen-bond donors (Lipinski definition) is 2. The van der Waals surface area contributed by atoms with Crippen molar-refractivity contribution in [3.63, 3.8) is 0 Å². The van der Waals surface area contributed by atoms with E-state index in [2.05, 4.69) is 48.0 Å². The van der Waals surface area contributed by atoms with Gasteiger partial charge in [0.1, 0.15) is 5.82 Å². The van der Waals surface area contributed by atoms with Crippen LogP contribution in [0.1, 0.15) is 22.3 Å². The van der Waals surface area contributed by atoms with Crippen LogP contribution in [-0.4, -0.2) is 19.9 Å². The van der Waals surface area contributed by atoms with Crippen molar-refractivity contribution in [3.05, 3.63) is 155 Å². The second-order valence-corrected chi connectivity index (χ2v) is 11.2. The van der Waals surface area contributed by atoms with Gasteiger partial charge in [0.05, 0.1) is 23.3 Å². The Morgan fingerprint density at radius 3 is 1.72 bits per heavy atom. The fourth-order valence-electron chi connectivity index (χ4n) is 5.08. The van der Waals surface area contributed by atoms with Gasteiger partial charge in [0.15, 0.2) is 0 Å². The highest BCUT2D eigenvalue weighted by atomic mass is 79.9. The van der Waals surface area contributed by atoms with Crippen LogP contribution in [0.5, 0.6) is 0 Å². The number of aromatic amines is 2. The molecule has 7 aromatic rings. The van der Waals surface area contributed by atoms with Gasteiger partial charge in [-0.2, -0.15) is 10.5 Å². The normalized spacial score (nSPS) is 11.5. The highest BCUT2D eigenvalue weighted by Crippen LogP contribution is 2.31. The predicted octanol–water partition coefficient (Wildman–Crippen LogP) is 9.82. The summed E-state index contributed by atoms with van der Waals surface area (Å²) < 4.78 is 14.2. The number of rotatable bonds is 5.